The van der Waals surface area contributed by atoms with Gasteiger partial charge in [-0.15, -0.1) is 11.3 Å². The molecule has 0 radical (unpaired) electrons. The first-order valence-corrected chi connectivity index (χ1v) is 11.4. The number of fused-ring (bicyclic) bond motifs is 1. The Bertz CT molecular complexity index is 1160. The molecule has 0 amide bonds. The van der Waals surface area contributed by atoms with Crippen LogP contribution in [0.25, 0.3) is 4.96 Å². The fourth-order valence-electron chi connectivity index (χ4n) is 3.37. The Morgan fingerprint density at radius 1 is 1.18 bits per heavy atom. The van der Waals surface area contributed by atoms with E-state index in [1.165, 1.54) is 33.8 Å². The minimum atomic E-state index is -4.05. The molecule has 0 aliphatic carbocycles. The lowest BCUT2D eigenvalue weighted by atomic mass is 10.2. The number of nitrogens with one attached hydrogen (secondary N) is 2. The third-order valence-corrected chi connectivity index (χ3v) is 7.23. The van der Waals surface area contributed by atoms with Gasteiger partial charge in [-0.1, -0.05) is 0 Å². The Kier molecular flexibility index (Phi) is 4.86. The van der Waals surface area contributed by atoms with Gasteiger partial charge >= 0.3 is 0 Å². The molecular weight excluding hydrogens is 398 g/mol. The monoisotopic (exact) mass is 420 g/mol. The lowest BCUT2D eigenvalue weighted by Crippen LogP contribution is -3.12. The standard InChI is InChI=1S/C18H21N5O3S2/c1-13-16(17(24)23-11-12-27-18(23)19-13)28(25,26)20-14-3-5-15(6-4-14)22-9-7-21(2)8-10-22/h3-6,11-12,20H,7-10H2,1-2H3/p+1. The quantitative estimate of drug-likeness (QED) is 0.630. The molecule has 1 aliphatic rings. The van der Waals surface area contributed by atoms with Gasteiger partial charge in [-0.05, 0) is 31.2 Å². The second-order valence-electron chi connectivity index (χ2n) is 6.98. The Labute approximate surface area is 167 Å². The van der Waals surface area contributed by atoms with Gasteiger partial charge < -0.3 is 9.80 Å². The molecule has 0 saturated carbocycles. The number of benzene rings is 1. The van der Waals surface area contributed by atoms with E-state index in [2.05, 4.69) is 21.7 Å². The number of anilines is 2. The van der Waals surface area contributed by atoms with Crippen LogP contribution in [-0.2, 0) is 10.0 Å². The maximum atomic E-state index is 12.9. The average Bonchev–Trinajstić information content (AvgIpc) is 3.11. The van der Waals surface area contributed by atoms with Crippen molar-refractivity contribution in [3.05, 3.63) is 51.9 Å². The van der Waals surface area contributed by atoms with Gasteiger partial charge in [0.05, 0.1) is 38.9 Å². The molecule has 3 heterocycles. The molecule has 10 heteroatoms. The molecule has 3 aromatic rings. The van der Waals surface area contributed by atoms with Crippen molar-refractivity contribution in [2.24, 2.45) is 0 Å². The minimum Gasteiger partial charge on any atom is -0.360 e. The van der Waals surface area contributed by atoms with Crippen LogP contribution in [0.3, 0.4) is 0 Å². The number of hydrogen-bond acceptors (Lipinski definition) is 6. The second-order valence-corrected chi connectivity index (χ2v) is 9.48. The molecular formula is C18H22N5O3S2+. The lowest BCUT2D eigenvalue weighted by molar-refractivity contribution is -0.880. The van der Waals surface area contributed by atoms with Crippen molar-refractivity contribution in [3.63, 3.8) is 0 Å². The van der Waals surface area contributed by atoms with Crippen molar-refractivity contribution < 1.29 is 13.3 Å². The number of aromatic nitrogens is 2. The summed E-state index contributed by atoms with van der Waals surface area (Å²) in [7, 11) is -1.86. The molecule has 0 spiro atoms. The van der Waals surface area contributed by atoms with E-state index in [1.807, 2.05) is 12.1 Å². The summed E-state index contributed by atoms with van der Waals surface area (Å²) in [5.74, 6) is 0. The number of nitrogens with zero attached hydrogens (tertiary/aromatic N) is 3. The number of sulfonamides is 1. The molecule has 148 valence electrons. The van der Waals surface area contributed by atoms with Crippen molar-refractivity contribution in [1.29, 1.82) is 0 Å². The van der Waals surface area contributed by atoms with Crippen molar-refractivity contribution in [1.82, 2.24) is 9.38 Å². The van der Waals surface area contributed by atoms with Crippen molar-refractivity contribution in [2.45, 2.75) is 11.8 Å². The first-order chi connectivity index (χ1) is 13.3. The highest BCUT2D eigenvalue weighted by molar-refractivity contribution is 7.92. The number of aryl methyl sites for hydroxylation is 1. The molecule has 1 saturated heterocycles. The van der Waals surface area contributed by atoms with E-state index in [9.17, 15) is 13.2 Å². The number of hydrogen-bond donors (Lipinski definition) is 2. The smallest absolute Gasteiger partial charge is 0.279 e. The Morgan fingerprint density at radius 3 is 2.54 bits per heavy atom. The number of quaternary nitrogens is 1. The highest BCUT2D eigenvalue weighted by Gasteiger charge is 2.24. The third-order valence-electron chi connectivity index (χ3n) is 4.96. The SMILES string of the molecule is Cc1nc2sccn2c(=O)c1S(=O)(=O)Nc1ccc(N2CC[NH+](C)CC2)cc1. The first kappa shape index (κ1) is 18.9. The van der Waals surface area contributed by atoms with Gasteiger partial charge in [0, 0.05) is 23.0 Å². The van der Waals surface area contributed by atoms with Crippen LogP contribution >= 0.6 is 11.3 Å². The summed E-state index contributed by atoms with van der Waals surface area (Å²) in [6, 6.07) is 7.25. The number of likely N-dealkylation sites (N-methyl/N-ethyl adjacent to an activating group) is 1. The summed E-state index contributed by atoms with van der Waals surface area (Å²) in [6.07, 6.45) is 1.53. The highest BCUT2D eigenvalue weighted by atomic mass is 32.2. The Hall–Kier alpha value is -2.43. The van der Waals surface area contributed by atoms with Gasteiger partial charge in [0.15, 0.2) is 9.86 Å². The molecule has 1 aliphatic heterocycles. The molecule has 0 atom stereocenters. The third kappa shape index (κ3) is 3.50. The van der Waals surface area contributed by atoms with Gasteiger partial charge in [0.2, 0.25) is 0 Å². The maximum Gasteiger partial charge on any atom is 0.279 e. The number of rotatable bonds is 4. The molecule has 4 rings (SSSR count). The molecule has 2 aromatic heterocycles. The van der Waals surface area contributed by atoms with Crippen LogP contribution < -0.4 is 20.1 Å². The zero-order valence-electron chi connectivity index (χ0n) is 15.7. The van der Waals surface area contributed by atoms with E-state index in [-0.39, 0.29) is 10.6 Å². The summed E-state index contributed by atoms with van der Waals surface area (Å²) >= 11 is 1.28. The molecule has 8 nitrogen and oxygen atoms in total. The van der Waals surface area contributed by atoms with Gasteiger partial charge in [-0.3, -0.25) is 13.9 Å². The van der Waals surface area contributed by atoms with Crippen LogP contribution in [0.5, 0.6) is 0 Å². The summed E-state index contributed by atoms with van der Waals surface area (Å²) in [5, 5.41) is 1.70. The zero-order chi connectivity index (χ0) is 19.9. The van der Waals surface area contributed by atoms with E-state index in [1.54, 1.807) is 17.5 Å². The summed E-state index contributed by atoms with van der Waals surface area (Å²) in [4.78, 5) is 20.8. The lowest BCUT2D eigenvalue weighted by Gasteiger charge is -2.31. The van der Waals surface area contributed by atoms with E-state index >= 15 is 0 Å². The molecule has 28 heavy (non-hydrogen) atoms. The topological polar surface area (TPSA) is 88.2 Å². The maximum absolute atomic E-state index is 12.9. The number of piperazine rings is 1. The molecule has 2 N–H and O–H groups in total. The average molecular weight is 421 g/mol. The van der Waals surface area contributed by atoms with Crippen LogP contribution in [0, 0.1) is 6.92 Å². The van der Waals surface area contributed by atoms with Crippen molar-refractivity contribution >= 4 is 37.7 Å². The molecule has 0 bridgehead atoms. The predicted octanol–water partition coefficient (Wildman–Crippen LogP) is 0.200. The zero-order valence-corrected chi connectivity index (χ0v) is 17.3. The molecule has 0 unspecified atom stereocenters. The van der Waals surface area contributed by atoms with E-state index in [0.29, 0.717) is 10.6 Å². The van der Waals surface area contributed by atoms with Gasteiger partial charge in [0.25, 0.3) is 15.6 Å². The minimum absolute atomic E-state index is 0.191. The van der Waals surface area contributed by atoms with Crippen LogP contribution in [-0.4, -0.2) is 51.0 Å². The highest BCUT2D eigenvalue weighted by Crippen LogP contribution is 2.21. The van der Waals surface area contributed by atoms with Crippen LogP contribution in [0.4, 0.5) is 11.4 Å². The van der Waals surface area contributed by atoms with Gasteiger partial charge in [-0.25, -0.2) is 13.4 Å². The molecule has 1 aromatic carbocycles. The Morgan fingerprint density at radius 2 is 1.86 bits per heavy atom. The second kappa shape index (κ2) is 7.19. The van der Waals surface area contributed by atoms with E-state index in [0.717, 1.165) is 31.9 Å². The fraction of sp³-hybridized carbons (Fsp3) is 0.333. The van der Waals surface area contributed by atoms with Gasteiger partial charge in [-0.2, -0.15) is 0 Å². The predicted molar refractivity (Wildman–Crippen MR) is 110 cm³/mol. The fourth-order valence-corrected chi connectivity index (χ4v) is 5.43. The molecule has 1 fully saturated rings. The van der Waals surface area contributed by atoms with Crippen molar-refractivity contribution in [3.8, 4) is 0 Å². The first-order valence-electron chi connectivity index (χ1n) is 9.01. The summed E-state index contributed by atoms with van der Waals surface area (Å²) in [5.41, 5.74) is 1.08. The van der Waals surface area contributed by atoms with Crippen LogP contribution in [0.1, 0.15) is 5.69 Å². The normalized spacial score (nSPS) is 15.9. The summed E-state index contributed by atoms with van der Waals surface area (Å²) in [6.45, 7) is 5.64. The summed E-state index contributed by atoms with van der Waals surface area (Å²) < 4.78 is 29.5. The number of thiazole rings is 1. The van der Waals surface area contributed by atoms with E-state index in [4.69, 9.17) is 0 Å². The Balaban J connectivity index is 1.59. The van der Waals surface area contributed by atoms with Crippen LogP contribution in [0.15, 0.2) is 45.5 Å². The van der Waals surface area contributed by atoms with Gasteiger partial charge in [0.1, 0.15) is 0 Å². The van der Waals surface area contributed by atoms with E-state index < -0.39 is 15.6 Å². The largest absolute Gasteiger partial charge is 0.360 e. The van der Waals surface area contributed by atoms with Crippen LogP contribution in [0.2, 0.25) is 0 Å². The van der Waals surface area contributed by atoms with Crippen molar-refractivity contribution in [2.75, 3.05) is 42.8 Å².